The maximum Gasteiger partial charge on any atom is 0.192 e. The number of imidazole rings is 1. The van der Waals surface area contributed by atoms with Crippen LogP contribution < -0.4 is 11.3 Å². The number of nitrogens with two attached hydrogens (primary N) is 1. The van der Waals surface area contributed by atoms with Crippen LogP contribution in [0.3, 0.4) is 0 Å². The van der Waals surface area contributed by atoms with E-state index in [1.165, 1.54) is 6.33 Å². The second-order valence-corrected chi connectivity index (χ2v) is 6.88. The van der Waals surface area contributed by atoms with Crippen molar-refractivity contribution in [3.63, 3.8) is 0 Å². The van der Waals surface area contributed by atoms with E-state index in [2.05, 4.69) is 19.9 Å². The standard InChI is InChI=1S/C9H14N5OP/c1-3-4-16(2,15)9-13-7(10)6-8(14-9)12-5-11-6/h5H,3-4H2,1-2H3,(H3,10,11,12,13,14). The van der Waals surface area contributed by atoms with Gasteiger partial charge in [-0.3, -0.25) is 0 Å². The highest BCUT2D eigenvalue weighted by Crippen LogP contribution is 2.39. The molecule has 1 atom stereocenters. The lowest BCUT2D eigenvalue weighted by Gasteiger charge is -2.10. The summed E-state index contributed by atoms with van der Waals surface area (Å²) < 4.78 is 12.3. The fraction of sp³-hybridized carbons (Fsp3) is 0.444. The Morgan fingerprint density at radius 1 is 1.50 bits per heavy atom. The minimum Gasteiger partial charge on any atom is -0.382 e. The third kappa shape index (κ3) is 1.80. The van der Waals surface area contributed by atoms with Gasteiger partial charge in [-0.25, -0.2) is 15.0 Å². The fourth-order valence-corrected chi connectivity index (χ4v) is 3.26. The van der Waals surface area contributed by atoms with Crippen LogP contribution in [0, 0.1) is 0 Å². The SMILES string of the molecule is CCCP(C)(=O)c1nc(N)c2[nH]cnc2n1. The molecular formula is C9H14N5OP. The molecule has 16 heavy (non-hydrogen) atoms. The number of nitrogen functional groups attached to an aromatic ring is 1. The van der Waals surface area contributed by atoms with Crippen LogP contribution in [-0.2, 0) is 4.57 Å². The van der Waals surface area contributed by atoms with Crippen molar-refractivity contribution >= 4 is 29.7 Å². The molecule has 3 N–H and O–H groups in total. The van der Waals surface area contributed by atoms with Gasteiger partial charge in [0.2, 0.25) is 0 Å². The summed E-state index contributed by atoms with van der Waals surface area (Å²) >= 11 is 0. The van der Waals surface area contributed by atoms with Gasteiger partial charge in [-0.1, -0.05) is 6.92 Å². The van der Waals surface area contributed by atoms with Crippen molar-refractivity contribution in [2.45, 2.75) is 13.3 Å². The molecule has 0 saturated carbocycles. The average molecular weight is 239 g/mol. The van der Waals surface area contributed by atoms with Crippen LogP contribution in [-0.4, -0.2) is 32.8 Å². The molecule has 0 amide bonds. The number of nitrogens with one attached hydrogen (secondary N) is 1. The second kappa shape index (κ2) is 3.87. The molecule has 0 aromatic carbocycles. The lowest BCUT2D eigenvalue weighted by Crippen LogP contribution is -2.17. The summed E-state index contributed by atoms with van der Waals surface area (Å²) in [6.07, 6.45) is 2.91. The number of H-pyrrole nitrogens is 1. The van der Waals surface area contributed by atoms with Crippen molar-refractivity contribution in [2.24, 2.45) is 0 Å². The highest BCUT2D eigenvalue weighted by atomic mass is 31.2. The number of nitrogens with zero attached hydrogens (tertiary/aromatic N) is 3. The van der Waals surface area contributed by atoms with Gasteiger partial charge in [0.1, 0.15) is 12.7 Å². The van der Waals surface area contributed by atoms with Crippen LogP contribution in [0.1, 0.15) is 13.3 Å². The minimum atomic E-state index is -2.51. The first-order chi connectivity index (χ1) is 7.54. The number of fused-ring (bicyclic) bond motifs is 1. The molecule has 86 valence electrons. The smallest absolute Gasteiger partial charge is 0.192 e. The van der Waals surface area contributed by atoms with Crippen LogP contribution in [0.25, 0.3) is 11.2 Å². The fourth-order valence-electron chi connectivity index (χ4n) is 1.58. The second-order valence-electron chi connectivity index (χ2n) is 3.83. The molecule has 0 fully saturated rings. The molecule has 6 nitrogen and oxygen atoms in total. The van der Waals surface area contributed by atoms with E-state index >= 15 is 0 Å². The summed E-state index contributed by atoms with van der Waals surface area (Å²) in [6.45, 7) is 3.66. The Kier molecular flexibility index (Phi) is 2.68. The number of rotatable bonds is 3. The topological polar surface area (TPSA) is 97.6 Å². The summed E-state index contributed by atoms with van der Waals surface area (Å²) in [6, 6.07) is 0. The van der Waals surface area contributed by atoms with Gasteiger partial charge in [-0.15, -0.1) is 0 Å². The Labute approximate surface area is 93.1 Å². The van der Waals surface area contributed by atoms with Crippen LogP contribution in [0.15, 0.2) is 6.33 Å². The van der Waals surface area contributed by atoms with Crippen molar-refractivity contribution in [1.29, 1.82) is 0 Å². The van der Waals surface area contributed by atoms with Crippen LogP contribution in [0.5, 0.6) is 0 Å². The lowest BCUT2D eigenvalue weighted by molar-refractivity contribution is 0.582. The molecule has 0 aliphatic carbocycles. The van der Waals surface area contributed by atoms with Crippen LogP contribution in [0.2, 0.25) is 0 Å². The molecular weight excluding hydrogens is 225 g/mol. The molecule has 0 radical (unpaired) electrons. The molecule has 2 aromatic rings. The van der Waals surface area contributed by atoms with Gasteiger partial charge in [-0.2, -0.15) is 0 Å². The lowest BCUT2D eigenvalue weighted by atomic mass is 10.5. The summed E-state index contributed by atoms with van der Waals surface area (Å²) in [5, 5.41) is 0. The van der Waals surface area contributed by atoms with Gasteiger partial charge >= 0.3 is 0 Å². The molecule has 0 aliphatic heterocycles. The van der Waals surface area contributed by atoms with E-state index in [9.17, 15) is 4.57 Å². The van der Waals surface area contributed by atoms with E-state index in [0.717, 1.165) is 6.42 Å². The molecule has 0 spiro atoms. The Morgan fingerprint density at radius 2 is 2.25 bits per heavy atom. The predicted octanol–water partition coefficient (Wildman–Crippen LogP) is 0.963. The molecule has 2 heterocycles. The number of aromatic nitrogens is 4. The van der Waals surface area contributed by atoms with Gasteiger partial charge in [0.25, 0.3) is 0 Å². The van der Waals surface area contributed by atoms with Crippen molar-refractivity contribution in [2.75, 3.05) is 18.6 Å². The molecule has 2 rings (SSSR count). The van der Waals surface area contributed by atoms with Crippen molar-refractivity contribution in [3.8, 4) is 0 Å². The first kappa shape index (κ1) is 11.1. The number of aromatic amines is 1. The Hall–Kier alpha value is -1.42. The molecule has 0 bridgehead atoms. The number of anilines is 1. The predicted molar refractivity (Wildman–Crippen MR) is 64.4 cm³/mol. The van der Waals surface area contributed by atoms with E-state index in [0.29, 0.717) is 28.7 Å². The molecule has 2 aromatic heterocycles. The quantitative estimate of drug-likeness (QED) is 0.777. The number of hydrogen-bond acceptors (Lipinski definition) is 5. The Bertz CT molecular complexity index is 564. The molecule has 1 unspecified atom stereocenters. The summed E-state index contributed by atoms with van der Waals surface area (Å²) in [7, 11) is -2.51. The van der Waals surface area contributed by atoms with Gasteiger partial charge in [-0.05, 0) is 13.1 Å². The zero-order valence-electron chi connectivity index (χ0n) is 9.27. The Balaban J connectivity index is 2.57. The normalized spacial score (nSPS) is 15.1. The van der Waals surface area contributed by atoms with E-state index in [1.807, 2.05) is 6.92 Å². The summed E-state index contributed by atoms with van der Waals surface area (Å²) in [5.41, 5.74) is 7.15. The zero-order valence-corrected chi connectivity index (χ0v) is 10.2. The van der Waals surface area contributed by atoms with E-state index in [4.69, 9.17) is 5.73 Å². The largest absolute Gasteiger partial charge is 0.382 e. The van der Waals surface area contributed by atoms with Crippen LogP contribution in [0.4, 0.5) is 5.82 Å². The molecule has 0 aliphatic rings. The summed E-state index contributed by atoms with van der Waals surface area (Å²) in [5.74, 6) is 0.302. The van der Waals surface area contributed by atoms with Gasteiger partial charge in [0.15, 0.2) is 17.0 Å². The third-order valence-electron chi connectivity index (χ3n) is 2.38. The number of hydrogen-bond donors (Lipinski definition) is 2. The average Bonchev–Trinajstić information content (AvgIpc) is 2.65. The monoisotopic (exact) mass is 239 g/mol. The van der Waals surface area contributed by atoms with Gasteiger partial charge in [0, 0.05) is 6.16 Å². The highest BCUT2D eigenvalue weighted by Gasteiger charge is 2.22. The van der Waals surface area contributed by atoms with E-state index in [1.54, 1.807) is 6.66 Å². The summed E-state index contributed by atoms with van der Waals surface area (Å²) in [4.78, 5) is 15.1. The molecule has 0 saturated heterocycles. The van der Waals surface area contributed by atoms with Crippen molar-refractivity contribution < 1.29 is 4.57 Å². The van der Waals surface area contributed by atoms with Crippen LogP contribution >= 0.6 is 7.14 Å². The maximum atomic E-state index is 12.3. The van der Waals surface area contributed by atoms with Crippen molar-refractivity contribution in [1.82, 2.24) is 19.9 Å². The maximum absolute atomic E-state index is 12.3. The van der Waals surface area contributed by atoms with Gasteiger partial charge < -0.3 is 15.3 Å². The highest BCUT2D eigenvalue weighted by molar-refractivity contribution is 7.70. The third-order valence-corrected chi connectivity index (χ3v) is 4.72. The zero-order chi connectivity index (χ0) is 11.8. The van der Waals surface area contributed by atoms with E-state index < -0.39 is 7.14 Å². The minimum absolute atomic E-state index is 0.302. The first-order valence-corrected chi connectivity index (χ1v) is 7.42. The molecule has 7 heteroatoms. The van der Waals surface area contributed by atoms with E-state index in [-0.39, 0.29) is 0 Å². The Morgan fingerprint density at radius 3 is 2.94 bits per heavy atom. The van der Waals surface area contributed by atoms with Gasteiger partial charge in [0.05, 0.1) is 6.33 Å². The van der Waals surface area contributed by atoms with Crippen molar-refractivity contribution in [3.05, 3.63) is 6.33 Å². The first-order valence-electron chi connectivity index (χ1n) is 5.08.